The van der Waals surface area contributed by atoms with E-state index in [4.69, 9.17) is 11.6 Å². The average Bonchev–Trinajstić information content (AvgIpc) is 2.34. The molecule has 0 radical (unpaired) electrons. The summed E-state index contributed by atoms with van der Waals surface area (Å²) in [6.07, 6.45) is 0. The van der Waals surface area contributed by atoms with Crippen molar-refractivity contribution < 1.29 is 9.72 Å². The number of hydrogen-bond donors (Lipinski definition) is 1. The van der Waals surface area contributed by atoms with Crippen LogP contribution in [-0.2, 0) is 0 Å². The third-order valence-corrected chi connectivity index (χ3v) is 2.76. The maximum atomic E-state index is 12.1. The Morgan fingerprint density at radius 2 is 2.16 bits per heavy atom. The minimum atomic E-state index is -0.606. The fourth-order valence-electron chi connectivity index (χ4n) is 1.45. The van der Waals surface area contributed by atoms with E-state index in [2.05, 4.69) is 5.32 Å². The number of nitro benzene ring substituents is 1. The number of nitrogens with zero attached hydrogens (tertiary/aromatic N) is 2. The van der Waals surface area contributed by atoms with Crippen LogP contribution in [0.15, 0.2) is 18.2 Å². The summed E-state index contributed by atoms with van der Waals surface area (Å²) in [4.78, 5) is 23.8. The van der Waals surface area contributed by atoms with E-state index in [1.807, 2.05) is 0 Å². The minimum Gasteiger partial charge on any atom is -0.340 e. The SMILES string of the molecule is CNCCN(C)C(=O)c1c(Cl)cccc1[N+](=O)[O-].Cl. The fraction of sp³-hybridized carbons (Fsp3) is 0.364. The van der Waals surface area contributed by atoms with Gasteiger partial charge in [0, 0.05) is 26.2 Å². The zero-order valence-electron chi connectivity index (χ0n) is 10.6. The van der Waals surface area contributed by atoms with Crippen molar-refractivity contribution in [3.63, 3.8) is 0 Å². The highest BCUT2D eigenvalue weighted by molar-refractivity contribution is 6.34. The standard InChI is InChI=1S/C11H14ClN3O3.ClH/c1-13-6-7-14(2)11(16)10-8(12)4-3-5-9(10)15(17)18;/h3-5,13H,6-7H2,1-2H3;1H. The van der Waals surface area contributed by atoms with Crippen LogP contribution in [0.25, 0.3) is 0 Å². The maximum Gasteiger partial charge on any atom is 0.283 e. The van der Waals surface area contributed by atoms with E-state index in [1.165, 1.54) is 23.1 Å². The van der Waals surface area contributed by atoms with Crippen LogP contribution in [0, 0.1) is 10.1 Å². The molecule has 1 rings (SSSR count). The summed E-state index contributed by atoms with van der Waals surface area (Å²) in [6.45, 7) is 1.04. The third-order valence-electron chi connectivity index (χ3n) is 2.45. The molecule has 0 aromatic heterocycles. The Labute approximate surface area is 122 Å². The normalized spacial score (nSPS) is 9.63. The number of amides is 1. The smallest absolute Gasteiger partial charge is 0.283 e. The van der Waals surface area contributed by atoms with E-state index >= 15 is 0 Å². The molecular formula is C11H15Cl2N3O3. The largest absolute Gasteiger partial charge is 0.340 e. The summed E-state index contributed by atoms with van der Waals surface area (Å²) in [5, 5.41) is 13.9. The Morgan fingerprint density at radius 1 is 1.53 bits per heavy atom. The average molecular weight is 308 g/mol. The molecule has 1 aromatic rings. The number of halogens is 2. The van der Waals surface area contributed by atoms with Gasteiger partial charge in [0.2, 0.25) is 0 Å². The lowest BCUT2D eigenvalue weighted by molar-refractivity contribution is -0.385. The van der Waals surface area contributed by atoms with E-state index in [0.29, 0.717) is 13.1 Å². The number of carbonyl (C=O) groups is 1. The Balaban J connectivity index is 0.00000324. The molecule has 0 fully saturated rings. The molecule has 6 nitrogen and oxygen atoms in total. The van der Waals surface area contributed by atoms with Gasteiger partial charge in [0.25, 0.3) is 11.6 Å². The lowest BCUT2D eigenvalue weighted by Gasteiger charge is -2.17. The van der Waals surface area contributed by atoms with Crippen LogP contribution in [0.1, 0.15) is 10.4 Å². The Kier molecular flexibility index (Phi) is 7.36. The molecule has 0 aliphatic rings. The molecule has 1 amide bonds. The molecule has 0 bridgehead atoms. The second kappa shape index (κ2) is 7.93. The molecule has 0 heterocycles. The molecule has 106 valence electrons. The van der Waals surface area contributed by atoms with Crippen LogP contribution in [0.3, 0.4) is 0 Å². The van der Waals surface area contributed by atoms with Crippen molar-refractivity contribution in [1.82, 2.24) is 10.2 Å². The predicted molar refractivity (Wildman–Crippen MR) is 76.2 cm³/mol. The van der Waals surface area contributed by atoms with Crippen molar-refractivity contribution in [3.8, 4) is 0 Å². The van der Waals surface area contributed by atoms with Crippen molar-refractivity contribution in [1.29, 1.82) is 0 Å². The van der Waals surface area contributed by atoms with Crippen LogP contribution in [0.5, 0.6) is 0 Å². The van der Waals surface area contributed by atoms with Crippen LogP contribution in [0.4, 0.5) is 5.69 Å². The summed E-state index contributed by atoms with van der Waals surface area (Å²) >= 11 is 5.88. The van der Waals surface area contributed by atoms with Gasteiger partial charge in [0.05, 0.1) is 9.95 Å². The van der Waals surface area contributed by atoms with Gasteiger partial charge in [0.1, 0.15) is 5.56 Å². The van der Waals surface area contributed by atoms with Gasteiger partial charge >= 0.3 is 0 Å². The number of nitrogens with one attached hydrogen (secondary N) is 1. The molecular weight excluding hydrogens is 293 g/mol. The summed E-state index contributed by atoms with van der Waals surface area (Å²) in [7, 11) is 3.34. The van der Waals surface area contributed by atoms with Crippen LogP contribution < -0.4 is 5.32 Å². The highest BCUT2D eigenvalue weighted by atomic mass is 35.5. The second-order valence-corrected chi connectivity index (χ2v) is 4.13. The van der Waals surface area contributed by atoms with Crippen molar-refractivity contribution >= 4 is 35.6 Å². The van der Waals surface area contributed by atoms with Crippen LogP contribution >= 0.6 is 24.0 Å². The summed E-state index contributed by atoms with van der Waals surface area (Å²) in [5.74, 6) is -0.456. The monoisotopic (exact) mass is 307 g/mol. The van der Waals surface area contributed by atoms with E-state index in [0.717, 1.165) is 0 Å². The molecule has 0 atom stereocenters. The molecule has 0 saturated carbocycles. The summed E-state index contributed by atoms with van der Waals surface area (Å²) in [5.41, 5.74) is -0.341. The number of likely N-dealkylation sites (N-methyl/N-ethyl adjacent to an activating group) is 2. The molecule has 0 spiro atoms. The van der Waals surface area contributed by atoms with Crippen LogP contribution in [-0.4, -0.2) is 42.9 Å². The van der Waals surface area contributed by atoms with Gasteiger partial charge in [-0.25, -0.2) is 0 Å². The zero-order chi connectivity index (χ0) is 13.7. The maximum absolute atomic E-state index is 12.1. The molecule has 0 aliphatic carbocycles. The lowest BCUT2D eigenvalue weighted by Crippen LogP contribution is -2.33. The number of nitro groups is 1. The van der Waals surface area contributed by atoms with Gasteiger partial charge < -0.3 is 10.2 Å². The molecule has 1 aromatic carbocycles. The van der Waals surface area contributed by atoms with Crippen LogP contribution in [0.2, 0.25) is 5.02 Å². The predicted octanol–water partition coefficient (Wildman–Crippen LogP) is 1.96. The summed E-state index contributed by atoms with van der Waals surface area (Å²) < 4.78 is 0. The fourth-order valence-corrected chi connectivity index (χ4v) is 1.70. The van der Waals surface area contributed by atoms with E-state index in [9.17, 15) is 14.9 Å². The molecule has 19 heavy (non-hydrogen) atoms. The van der Waals surface area contributed by atoms with Gasteiger partial charge in [0.15, 0.2) is 0 Å². The van der Waals surface area contributed by atoms with Crippen molar-refractivity contribution in [2.75, 3.05) is 27.2 Å². The van der Waals surface area contributed by atoms with Gasteiger partial charge in [-0.2, -0.15) is 0 Å². The van der Waals surface area contributed by atoms with Gasteiger partial charge in [-0.3, -0.25) is 14.9 Å². The number of carbonyl (C=O) groups excluding carboxylic acids is 1. The molecule has 0 saturated heterocycles. The number of benzene rings is 1. The lowest BCUT2D eigenvalue weighted by atomic mass is 10.1. The van der Waals surface area contributed by atoms with Crippen molar-refractivity contribution in [2.24, 2.45) is 0 Å². The second-order valence-electron chi connectivity index (χ2n) is 3.72. The zero-order valence-corrected chi connectivity index (χ0v) is 12.1. The topological polar surface area (TPSA) is 75.5 Å². The van der Waals surface area contributed by atoms with Crippen molar-refractivity contribution in [2.45, 2.75) is 0 Å². The minimum absolute atomic E-state index is 0. The number of rotatable bonds is 5. The molecule has 0 unspecified atom stereocenters. The first-order chi connectivity index (χ1) is 8.49. The van der Waals surface area contributed by atoms with Gasteiger partial charge in [-0.05, 0) is 13.1 Å². The van der Waals surface area contributed by atoms with Crippen molar-refractivity contribution in [3.05, 3.63) is 38.9 Å². The molecule has 8 heteroatoms. The summed E-state index contributed by atoms with van der Waals surface area (Å²) in [6, 6.07) is 4.18. The third kappa shape index (κ3) is 4.34. The Morgan fingerprint density at radius 3 is 2.68 bits per heavy atom. The Bertz CT molecular complexity index is 468. The van der Waals surface area contributed by atoms with Gasteiger partial charge in [-0.15, -0.1) is 12.4 Å². The first-order valence-corrected chi connectivity index (χ1v) is 5.69. The quantitative estimate of drug-likeness (QED) is 0.666. The van der Waals surface area contributed by atoms with E-state index in [1.54, 1.807) is 14.1 Å². The van der Waals surface area contributed by atoms with E-state index < -0.39 is 10.8 Å². The highest BCUT2D eigenvalue weighted by Crippen LogP contribution is 2.27. The van der Waals surface area contributed by atoms with E-state index in [-0.39, 0.29) is 28.7 Å². The molecule has 0 aliphatic heterocycles. The molecule has 1 N–H and O–H groups in total. The number of hydrogen-bond acceptors (Lipinski definition) is 4. The first kappa shape index (κ1) is 17.6. The Hall–Kier alpha value is -1.37. The highest BCUT2D eigenvalue weighted by Gasteiger charge is 2.25. The van der Waals surface area contributed by atoms with Gasteiger partial charge in [-0.1, -0.05) is 17.7 Å². The first-order valence-electron chi connectivity index (χ1n) is 5.32.